The van der Waals surface area contributed by atoms with Crippen LogP contribution in [0.2, 0.25) is 0 Å². The third-order valence-corrected chi connectivity index (χ3v) is 5.94. The molecule has 1 aliphatic heterocycles. The lowest BCUT2D eigenvalue weighted by atomic mass is 9.89. The van der Waals surface area contributed by atoms with Gasteiger partial charge in [-0.15, -0.1) is 0 Å². The van der Waals surface area contributed by atoms with Crippen LogP contribution in [0.3, 0.4) is 0 Å². The Hall–Kier alpha value is 0.270. The highest BCUT2D eigenvalue weighted by molar-refractivity contribution is 7.99. The minimum Gasteiger partial charge on any atom is -0.329 e. The van der Waals surface area contributed by atoms with Gasteiger partial charge in [0, 0.05) is 30.4 Å². The van der Waals surface area contributed by atoms with E-state index in [1.54, 1.807) is 0 Å². The van der Waals surface area contributed by atoms with Crippen LogP contribution in [0.15, 0.2) is 0 Å². The average molecular weight is 270 g/mol. The Bertz CT molecular complexity index is 243. The minimum atomic E-state index is 0.308. The van der Waals surface area contributed by atoms with Gasteiger partial charge in [-0.3, -0.25) is 4.90 Å². The van der Waals surface area contributed by atoms with Gasteiger partial charge in [0.2, 0.25) is 0 Å². The maximum absolute atomic E-state index is 6.23. The molecule has 0 aromatic carbocycles. The zero-order chi connectivity index (χ0) is 13.0. The zero-order valence-corrected chi connectivity index (χ0v) is 13.0. The van der Waals surface area contributed by atoms with Crippen molar-refractivity contribution in [2.45, 2.75) is 64.0 Å². The molecule has 1 atom stereocenters. The fourth-order valence-corrected chi connectivity index (χ4v) is 4.98. The molecule has 2 aliphatic rings. The van der Waals surface area contributed by atoms with Crippen LogP contribution in [0.25, 0.3) is 0 Å². The molecular formula is C15H30N2S. The first-order chi connectivity index (χ1) is 8.68. The summed E-state index contributed by atoms with van der Waals surface area (Å²) in [4.78, 5) is 2.83. The predicted molar refractivity (Wildman–Crippen MR) is 82.1 cm³/mol. The summed E-state index contributed by atoms with van der Waals surface area (Å²) in [5.41, 5.74) is 6.54. The molecule has 0 aromatic heterocycles. The van der Waals surface area contributed by atoms with Crippen LogP contribution in [-0.4, -0.2) is 41.1 Å². The van der Waals surface area contributed by atoms with Gasteiger partial charge < -0.3 is 5.73 Å². The summed E-state index contributed by atoms with van der Waals surface area (Å²) in [6.07, 6.45) is 8.32. The summed E-state index contributed by atoms with van der Waals surface area (Å²) in [6.45, 7) is 6.79. The summed E-state index contributed by atoms with van der Waals surface area (Å²) in [5.74, 6) is 3.34. The highest BCUT2D eigenvalue weighted by Crippen LogP contribution is 2.37. The summed E-state index contributed by atoms with van der Waals surface area (Å²) < 4.78 is 0. The first kappa shape index (κ1) is 14.7. The molecule has 1 unspecified atom stereocenters. The standard InChI is InChI=1S/C15H30N2S/c1-13(2)10-17(14-6-3-4-7-14)15(11-16)8-5-9-18-12-15/h13-14H,3-12,16H2,1-2H3. The molecule has 0 aromatic rings. The Morgan fingerprint density at radius 2 is 2.00 bits per heavy atom. The largest absolute Gasteiger partial charge is 0.329 e. The van der Waals surface area contributed by atoms with Gasteiger partial charge in [0.25, 0.3) is 0 Å². The Labute approximate surface area is 117 Å². The molecule has 2 fully saturated rings. The van der Waals surface area contributed by atoms with Crippen molar-refractivity contribution < 1.29 is 0 Å². The van der Waals surface area contributed by atoms with E-state index in [4.69, 9.17) is 5.73 Å². The van der Waals surface area contributed by atoms with Gasteiger partial charge in [0.05, 0.1) is 0 Å². The maximum atomic E-state index is 6.23. The summed E-state index contributed by atoms with van der Waals surface area (Å²) >= 11 is 2.12. The second-order valence-corrected chi connectivity index (χ2v) is 7.67. The first-order valence-corrected chi connectivity index (χ1v) is 8.88. The molecule has 2 rings (SSSR count). The van der Waals surface area contributed by atoms with Gasteiger partial charge in [0.1, 0.15) is 0 Å². The molecule has 1 heterocycles. The van der Waals surface area contributed by atoms with Crippen LogP contribution < -0.4 is 5.73 Å². The maximum Gasteiger partial charge on any atom is 0.0425 e. The Morgan fingerprint density at radius 3 is 2.50 bits per heavy atom. The van der Waals surface area contributed by atoms with Crippen LogP contribution >= 0.6 is 11.8 Å². The highest BCUT2D eigenvalue weighted by atomic mass is 32.2. The molecular weight excluding hydrogens is 240 g/mol. The molecule has 0 radical (unpaired) electrons. The van der Waals surface area contributed by atoms with Crippen molar-refractivity contribution in [3.05, 3.63) is 0 Å². The summed E-state index contributed by atoms with van der Waals surface area (Å²) in [7, 11) is 0. The van der Waals surface area contributed by atoms with Crippen LogP contribution in [0.4, 0.5) is 0 Å². The van der Waals surface area contributed by atoms with Crippen LogP contribution in [0.1, 0.15) is 52.4 Å². The molecule has 0 bridgehead atoms. The molecule has 1 saturated carbocycles. The van der Waals surface area contributed by atoms with Crippen LogP contribution in [0.5, 0.6) is 0 Å². The zero-order valence-electron chi connectivity index (χ0n) is 12.2. The van der Waals surface area contributed by atoms with Gasteiger partial charge in [-0.2, -0.15) is 11.8 Å². The van der Waals surface area contributed by atoms with Gasteiger partial charge in [0.15, 0.2) is 0 Å². The molecule has 1 aliphatic carbocycles. The van der Waals surface area contributed by atoms with Gasteiger partial charge in [-0.25, -0.2) is 0 Å². The first-order valence-electron chi connectivity index (χ1n) is 7.72. The third-order valence-electron chi connectivity index (χ3n) is 4.62. The molecule has 2 nitrogen and oxygen atoms in total. The van der Waals surface area contributed by atoms with E-state index in [1.807, 2.05) is 0 Å². The quantitative estimate of drug-likeness (QED) is 0.832. The lowest BCUT2D eigenvalue weighted by Gasteiger charge is -2.49. The molecule has 0 amide bonds. The lowest BCUT2D eigenvalue weighted by molar-refractivity contribution is 0.0452. The van der Waals surface area contributed by atoms with Crippen molar-refractivity contribution in [2.75, 3.05) is 24.6 Å². The molecule has 3 heteroatoms. The Morgan fingerprint density at radius 1 is 1.28 bits per heavy atom. The molecule has 18 heavy (non-hydrogen) atoms. The second kappa shape index (κ2) is 6.62. The van der Waals surface area contributed by atoms with Gasteiger partial charge in [-0.1, -0.05) is 26.7 Å². The summed E-state index contributed by atoms with van der Waals surface area (Å²) in [6, 6.07) is 0.814. The minimum absolute atomic E-state index is 0.308. The van der Waals surface area contributed by atoms with Crippen molar-refractivity contribution in [3.8, 4) is 0 Å². The molecule has 106 valence electrons. The Kier molecular flexibility index (Phi) is 5.40. The van der Waals surface area contributed by atoms with Crippen molar-refractivity contribution >= 4 is 11.8 Å². The van der Waals surface area contributed by atoms with E-state index in [1.165, 1.54) is 56.6 Å². The van der Waals surface area contributed by atoms with Gasteiger partial charge in [-0.05, 0) is 37.4 Å². The third kappa shape index (κ3) is 3.23. The predicted octanol–water partition coefficient (Wildman–Crippen LogP) is 3.11. The topological polar surface area (TPSA) is 29.3 Å². The van der Waals surface area contributed by atoms with E-state index >= 15 is 0 Å². The normalized spacial score (nSPS) is 30.5. The second-order valence-electron chi connectivity index (χ2n) is 6.57. The van der Waals surface area contributed by atoms with E-state index in [2.05, 4.69) is 30.5 Å². The fraction of sp³-hybridized carbons (Fsp3) is 1.00. The smallest absolute Gasteiger partial charge is 0.0425 e. The SMILES string of the molecule is CC(C)CN(C1CCCC1)C1(CN)CCCSC1. The number of nitrogens with zero attached hydrogens (tertiary/aromatic N) is 1. The summed E-state index contributed by atoms with van der Waals surface area (Å²) in [5, 5.41) is 0. The number of thioether (sulfide) groups is 1. The van der Waals surface area contributed by atoms with E-state index in [-0.39, 0.29) is 0 Å². The number of nitrogens with two attached hydrogens (primary N) is 1. The fourth-order valence-electron chi connectivity index (χ4n) is 3.68. The average Bonchev–Trinajstić information content (AvgIpc) is 2.90. The van der Waals surface area contributed by atoms with Crippen molar-refractivity contribution in [1.82, 2.24) is 4.90 Å². The van der Waals surface area contributed by atoms with Crippen molar-refractivity contribution in [2.24, 2.45) is 11.7 Å². The number of rotatable bonds is 5. The van der Waals surface area contributed by atoms with Crippen molar-refractivity contribution in [1.29, 1.82) is 0 Å². The highest BCUT2D eigenvalue weighted by Gasteiger charge is 2.41. The van der Waals surface area contributed by atoms with E-state index < -0.39 is 0 Å². The molecule has 2 N–H and O–H groups in total. The van der Waals surface area contributed by atoms with E-state index in [0.717, 1.165) is 18.5 Å². The Balaban J connectivity index is 2.13. The lowest BCUT2D eigenvalue weighted by Crippen LogP contribution is -2.61. The van der Waals surface area contributed by atoms with E-state index in [9.17, 15) is 0 Å². The molecule has 1 saturated heterocycles. The van der Waals surface area contributed by atoms with Gasteiger partial charge >= 0.3 is 0 Å². The van der Waals surface area contributed by atoms with E-state index in [0.29, 0.717) is 5.54 Å². The monoisotopic (exact) mass is 270 g/mol. The molecule has 0 spiro atoms. The van der Waals surface area contributed by atoms with Crippen molar-refractivity contribution in [3.63, 3.8) is 0 Å². The van der Waals surface area contributed by atoms with Crippen LogP contribution in [0, 0.1) is 5.92 Å². The van der Waals surface area contributed by atoms with Crippen LogP contribution in [-0.2, 0) is 0 Å². The number of hydrogen-bond acceptors (Lipinski definition) is 3. The number of hydrogen-bond donors (Lipinski definition) is 1.